The highest BCUT2D eigenvalue weighted by molar-refractivity contribution is 7.98. The minimum atomic E-state index is 0.242. The number of likely N-dealkylation sites (N-methyl/N-ethyl adjacent to an activating group) is 1. The van der Waals surface area contributed by atoms with Crippen LogP contribution < -0.4 is 5.32 Å². The number of tetrazole rings is 1. The first-order valence-electron chi connectivity index (χ1n) is 6.62. The summed E-state index contributed by atoms with van der Waals surface area (Å²) in [6, 6.07) is 0. The van der Waals surface area contributed by atoms with Gasteiger partial charge in [-0.25, -0.2) is 4.68 Å². The Morgan fingerprint density at radius 3 is 2.95 bits per heavy atom. The van der Waals surface area contributed by atoms with Crippen LogP contribution in [0.3, 0.4) is 0 Å². The molecular formula is C11H19N7OS. The Morgan fingerprint density at radius 2 is 2.25 bits per heavy atom. The van der Waals surface area contributed by atoms with E-state index in [1.807, 2.05) is 13.8 Å². The maximum Gasteiger partial charge on any atom is 0.229 e. The molecule has 0 bridgehead atoms. The molecule has 1 N–H and O–H groups in total. The topological polar surface area (TPSA) is 94.6 Å². The molecule has 0 amide bonds. The van der Waals surface area contributed by atoms with Crippen LogP contribution in [-0.2, 0) is 12.3 Å². The van der Waals surface area contributed by atoms with E-state index in [0.717, 1.165) is 24.8 Å². The molecule has 0 saturated carbocycles. The lowest BCUT2D eigenvalue weighted by Crippen LogP contribution is -2.20. The molecule has 0 spiro atoms. The molecule has 110 valence electrons. The molecule has 0 radical (unpaired) electrons. The van der Waals surface area contributed by atoms with E-state index in [0.29, 0.717) is 17.5 Å². The van der Waals surface area contributed by atoms with Gasteiger partial charge in [-0.1, -0.05) is 37.7 Å². The maximum atomic E-state index is 5.16. The van der Waals surface area contributed by atoms with Crippen molar-refractivity contribution in [1.29, 1.82) is 0 Å². The van der Waals surface area contributed by atoms with Gasteiger partial charge in [0.1, 0.15) is 0 Å². The monoisotopic (exact) mass is 297 g/mol. The van der Waals surface area contributed by atoms with Gasteiger partial charge in [0.2, 0.25) is 11.0 Å². The van der Waals surface area contributed by atoms with Gasteiger partial charge in [-0.05, 0) is 17.0 Å². The average Bonchev–Trinajstić information content (AvgIpc) is 3.05. The summed E-state index contributed by atoms with van der Waals surface area (Å²) in [6.07, 6.45) is 0. The highest BCUT2D eigenvalue weighted by Crippen LogP contribution is 2.19. The molecule has 8 nitrogen and oxygen atoms in total. The quantitative estimate of drug-likeness (QED) is 0.571. The number of thioether (sulfide) groups is 1. The molecule has 20 heavy (non-hydrogen) atoms. The molecule has 0 aliphatic heterocycles. The van der Waals surface area contributed by atoms with Gasteiger partial charge in [0.25, 0.3) is 0 Å². The van der Waals surface area contributed by atoms with Gasteiger partial charge in [0.05, 0.1) is 12.3 Å². The maximum absolute atomic E-state index is 5.16. The third-order valence-corrected chi connectivity index (χ3v) is 3.51. The van der Waals surface area contributed by atoms with Gasteiger partial charge < -0.3 is 9.84 Å². The van der Waals surface area contributed by atoms with E-state index in [-0.39, 0.29) is 5.92 Å². The molecule has 2 aromatic heterocycles. The summed E-state index contributed by atoms with van der Waals surface area (Å²) in [6.45, 7) is 8.63. The SMILES string of the molecule is CCNCCn1nnnc1SCc1noc(C(C)C)n1. The zero-order valence-electron chi connectivity index (χ0n) is 11.9. The Balaban J connectivity index is 1.88. The van der Waals surface area contributed by atoms with Crippen molar-refractivity contribution in [2.24, 2.45) is 0 Å². The second-order valence-corrected chi connectivity index (χ2v) is 5.47. The highest BCUT2D eigenvalue weighted by atomic mass is 32.2. The van der Waals surface area contributed by atoms with Crippen LogP contribution in [0.1, 0.15) is 38.4 Å². The molecule has 0 atom stereocenters. The molecule has 9 heteroatoms. The van der Waals surface area contributed by atoms with E-state index in [2.05, 4.69) is 37.9 Å². The van der Waals surface area contributed by atoms with Crippen molar-refractivity contribution in [1.82, 2.24) is 35.7 Å². The van der Waals surface area contributed by atoms with E-state index in [1.54, 1.807) is 4.68 Å². The zero-order valence-corrected chi connectivity index (χ0v) is 12.7. The lowest BCUT2D eigenvalue weighted by Gasteiger charge is -2.03. The summed E-state index contributed by atoms with van der Waals surface area (Å²) < 4.78 is 6.94. The minimum Gasteiger partial charge on any atom is -0.339 e. The highest BCUT2D eigenvalue weighted by Gasteiger charge is 2.12. The van der Waals surface area contributed by atoms with Crippen molar-refractivity contribution in [2.75, 3.05) is 13.1 Å². The molecule has 0 fully saturated rings. The summed E-state index contributed by atoms with van der Waals surface area (Å²) in [4.78, 5) is 4.33. The van der Waals surface area contributed by atoms with Gasteiger partial charge in [0.15, 0.2) is 5.82 Å². The van der Waals surface area contributed by atoms with E-state index >= 15 is 0 Å². The van der Waals surface area contributed by atoms with Gasteiger partial charge in [0, 0.05) is 12.5 Å². The van der Waals surface area contributed by atoms with Crippen LogP contribution in [0.5, 0.6) is 0 Å². The Hall–Kier alpha value is -1.48. The molecule has 0 aromatic carbocycles. The Morgan fingerprint density at radius 1 is 1.40 bits per heavy atom. The fourth-order valence-electron chi connectivity index (χ4n) is 1.49. The van der Waals surface area contributed by atoms with Crippen molar-refractivity contribution in [3.8, 4) is 0 Å². The standard InChI is InChI=1S/C11H19N7OS/c1-4-12-5-6-18-11(14-16-17-18)20-7-9-13-10(8(2)3)19-15-9/h8,12H,4-7H2,1-3H3. The van der Waals surface area contributed by atoms with Crippen molar-refractivity contribution < 1.29 is 4.52 Å². The molecule has 2 aromatic rings. The van der Waals surface area contributed by atoms with E-state index < -0.39 is 0 Å². The third kappa shape index (κ3) is 4.01. The van der Waals surface area contributed by atoms with E-state index in [4.69, 9.17) is 4.52 Å². The van der Waals surface area contributed by atoms with Crippen LogP contribution >= 0.6 is 11.8 Å². The lowest BCUT2D eigenvalue weighted by molar-refractivity contribution is 0.362. The predicted octanol–water partition coefficient (Wildman–Crippen LogP) is 1.08. The van der Waals surface area contributed by atoms with Crippen LogP contribution in [-0.4, -0.2) is 43.4 Å². The minimum absolute atomic E-state index is 0.242. The first-order chi connectivity index (χ1) is 9.70. The van der Waals surface area contributed by atoms with Crippen LogP contribution in [0, 0.1) is 0 Å². The molecular weight excluding hydrogens is 278 g/mol. The molecule has 0 unspecified atom stereocenters. The second-order valence-electron chi connectivity index (χ2n) is 4.53. The molecule has 0 aliphatic rings. The van der Waals surface area contributed by atoms with Gasteiger partial charge >= 0.3 is 0 Å². The average molecular weight is 297 g/mol. The number of aromatic nitrogens is 6. The number of nitrogens with zero attached hydrogens (tertiary/aromatic N) is 6. The Bertz CT molecular complexity index is 524. The summed E-state index contributed by atoms with van der Waals surface area (Å²) in [5, 5.41) is 19.6. The third-order valence-electron chi connectivity index (χ3n) is 2.56. The van der Waals surface area contributed by atoms with Crippen LogP contribution in [0.15, 0.2) is 9.68 Å². The fourth-order valence-corrected chi connectivity index (χ4v) is 2.24. The first-order valence-corrected chi connectivity index (χ1v) is 7.61. The summed E-state index contributed by atoms with van der Waals surface area (Å²) in [5.41, 5.74) is 0. The number of nitrogens with one attached hydrogen (secondary N) is 1. The second kappa shape index (κ2) is 7.34. The van der Waals surface area contributed by atoms with Crippen LogP contribution in [0.2, 0.25) is 0 Å². The normalized spacial score (nSPS) is 11.4. The van der Waals surface area contributed by atoms with Crippen LogP contribution in [0.4, 0.5) is 0 Å². The molecule has 0 aliphatic carbocycles. The Kier molecular flexibility index (Phi) is 5.48. The summed E-state index contributed by atoms with van der Waals surface area (Å²) in [7, 11) is 0. The largest absolute Gasteiger partial charge is 0.339 e. The van der Waals surface area contributed by atoms with E-state index in [9.17, 15) is 0 Å². The van der Waals surface area contributed by atoms with Crippen molar-refractivity contribution in [3.05, 3.63) is 11.7 Å². The molecule has 0 saturated heterocycles. The molecule has 2 rings (SSSR count). The Labute approximate surface area is 121 Å². The lowest BCUT2D eigenvalue weighted by atomic mass is 10.2. The van der Waals surface area contributed by atoms with Crippen molar-refractivity contribution in [2.45, 2.75) is 44.1 Å². The van der Waals surface area contributed by atoms with Crippen molar-refractivity contribution >= 4 is 11.8 Å². The molecule has 2 heterocycles. The van der Waals surface area contributed by atoms with Gasteiger partial charge in [-0.2, -0.15) is 4.98 Å². The summed E-state index contributed by atoms with van der Waals surface area (Å²) >= 11 is 1.50. The number of rotatable bonds is 8. The van der Waals surface area contributed by atoms with Gasteiger partial charge in [-0.3, -0.25) is 0 Å². The fraction of sp³-hybridized carbons (Fsp3) is 0.727. The van der Waals surface area contributed by atoms with E-state index in [1.165, 1.54) is 11.8 Å². The number of hydrogen-bond acceptors (Lipinski definition) is 8. The summed E-state index contributed by atoms with van der Waals surface area (Å²) in [5.74, 6) is 2.16. The van der Waals surface area contributed by atoms with Crippen molar-refractivity contribution in [3.63, 3.8) is 0 Å². The number of hydrogen-bond donors (Lipinski definition) is 1. The zero-order chi connectivity index (χ0) is 14.4. The smallest absolute Gasteiger partial charge is 0.229 e. The van der Waals surface area contributed by atoms with Crippen LogP contribution in [0.25, 0.3) is 0 Å². The first kappa shape index (κ1) is 14.9. The van der Waals surface area contributed by atoms with Gasteiger partial charge in [-0.15, -0.1) is 5.10 Å². The predicted molar refractivity (Wildman–Crippen MR) is 74.3 cm³/mol.